The lowest BCUT2D eigenvalue weighted by atomic mass is 10.2. The minimum absolute atomic E-state index is 0.222. The van der Waals surface area contributed by atoms with Crippen molar-refractivity contribution in [3.8, 4) is 0 Å². The molecule has 2 aliphatic rings. The first kappa shape index (κ1) is 10.9. The van der Waals surface area contributed by atoms with E-state index in [0.29, 0.717) is 24.6 Å². The van der Waals surface area contributed by atoms with Crippen molar-refractivity contribution in [3.05, 3.63) is 11.7 Å². The molecule has 1 saturated heterocycles. The van der Waals surface area contributed by atoms with Crippen LogP contribution in [0.3, 0.4) is 0 Å². The molecule has 0 aromatic carbocycles. The average Bonchev–Trinajstić information content (AvgIpc) is 2.89. The zero-order valence-electron chi connectivity index (χ0n) is 9.72. The molecule has 2 fully saturated rings. The molecule has 2 heterocycles. The van der Waals surface area contributed by atoms with Crippen molar-refractivity contribution < 1.29 is 14.1 Å². The molecule has 0 spiro atoms. The highest BCUT2D eigenvalue weighted by molar-refractivity contribution is 5.84. The fourth-order valence-electron chi connectivity index (χ4n) is 2.15. The maximum atomic E-state index is 11.6. The van der Waals surface area contributed by atoms with E-state index in [1.54, 1.807) is 0 Å². The van der Waals surface area contributed by atoms with Gasteiger partial charge in [0.1, 0.15) is 5.78 Å². The third-order valence-electron chi connectivity index (χ3n) is 3.30. The van der Waals surface area contributed by atoms with Crippen molar-refractivity contribution in [1.82, 2.24) is 10.1 Å². The lowest BCUT2D eigenvalue weighted by molar-refractivity contribution is -0.119. The molecular formula is C12H16N2O3. The van der Waals surface area contributed by atoms with Crippen LogP contribution in [0.1, 0.15) is 37.4 Å². The second kappa shape index (κ2) is 4.56. The van der Waals surface area contributed by atoms with Crippen LogP contribution in [0.2, 0.25) is 0 Å². The van der Waals surface area contributed by atoms with E-state index in [1.807, 2.05) is 0 Å². The van der Waals surface area contributed by atoms with Crippen LogP contribution in [0.4, 0.5) is 0 Å². The molecule has 0 bridgehead atoms. The van der Waals surface area contributed by atoms with Crippen molar-refractivity contribution >= 4 is 5.78 Å². The average molecular weight is 236 g/mol. The fraction of sp³-hybridized carbons (Fsp3) is 0.750. The van der Waals surface area contributed by atoms with E-state index in [0.717, 1.165) is 32.3 Å². The van der Waals surface area contributed by atoms with Gasteiger partial charge in [-0.3, -0.25) is 4.79 Å². The van der Waals surface area contributed by atoms with Gasteiger partial charge in [0.2, 0.25) is 5.89 Å². The zero-order valence-corrected chi connectivity index (χ0v) is 9.72. The van der Waals surface area contributed by atoms with Gasteiger partial charge in [0.25, 0.3) is 0 Å². The molecule has 0 amide bonds. The Kier molecular flexibility index (Phi) is 2.93. The number of hydrogen-bond acceptors (Lipinski definition) is 5. The van der Waals surface area contributed by atoms with E-state index >= 15 is 0 Å². The number of Topliss-reactive ketones (excluding diaryl/α,β-unsaturated/α-hetero) is 1. The maximum Gasteiger partial charge on any atom is 0.234 e. The van der Waals surface area contributed by atoms with Crippen LogP contribution in [-0.2, 0) is 22.4 Å². The van der Waals surface area contributed by atoms with Gasteiger partial charge >= 0.3 is 0 Å². The highest BCUT2D eigenvalue weighted by Crippen LogP contribution is 2.30. The van der Waals surface area contributed by atoms with Gasteiger partial charge in [-0.25, -0.2) is 0 Å². The van der Waals surface area contributed by atoms with Crippen LogP contribution in [0.5, 0.6) is 0 Å². The van der Waals surface area contributed by atoms with Crippen LogP contribution in [0.15, 0.2) is 4.52 Å². The lowest BCUT2D eigenvalue weighted by Gasteiger charge is -2.03. The third kappa shape index (κ3) is 2.72. The van der Waals surface area contributed by atoms with Crippen LogP contribution in [-0.4, -0.2) is 28.6 Å². The van der Waals surface area contributed by atoms with Gasteiger partial charge in [-0.05, 0) is 25.7 Å². The summed E-state index contributed by atoms with van der Waals surface area (Å²) in [6.45, 7) is 0.829. The van der Waals surface area contributed by atoms with Crippen molar-refractivity contribution in [3.63, 3.8) is 0 Å². The van der Waals surface area contributed by atoms with Gasteiger partial charge in [0.15, 0.2) is 5.82 Å². The van der Waals surface area contributed by atoms with Crippen LogP contribution < -0.4 is 0 Å². The second-order valence-corrected chi connectivity index (χ2v) is 4.86. The van der Waals surface area contributed by atoms with E-state index in [4.69, 9.17) is 9.26 Å². The van der Waals surface area contributed by atoms with Gasteiger partial charge in [-0.2, -0.15) is 4.98 Å². The van der Waals surface area contributed by atoms with E-state index in [9.17, 15) is 4.79 Å². The lowest BCUT2D eigenvalue weighted by Crippen LogP contribution is -2.10. The summed E-state index contributed by atoms with van der Waals surface area (Å²) >= 11 is 0. The SMILES string of the molecule is O=C(Cc1nc(CC2CCCO2)no1)C1CC1. The van der Waals surface area contributed by atoms with Gasteiger partial charge in [0.05, 0.1) is 12.5 Å². The Labute approximate surface area is 99.5 Å². The minimum Gasteiger partial charge on any atom is -0.378 e. The molecule has 1 aliphatic heterocycles. The Hall–Kier alpha value is -1.23. The van der Waals surface area contributed by atoms with Crippen LogP contribution in [0.25, 0.3) is 0 Å². The predicted molar refractivity (Wildman–Crippen MR) is 58.4 cm³/mol. The molecule has 1 aromatic rings. The van der Waals surface area contributed by atoms with Crippen molar-refractivity contribution in [1.29, 1.82) is 0 Å². The normalized spacial score (nSPS) is 24.1. The monoisotopic (exact) mass is 236 g/mol. The number of ketones is 1. The van der Waals surface area contributed by atoms with Gasteiger partial charge in [-0.1, -0.05) is 5.16 Å². The molecule has 17 heavy (non-hydrogen) atoms. The summed E-state index contributed by atoms with van der Waals surface area (Å²) in [5, 5.41) is 3.89. The van der Waals surface area contributed by atoms with Crippen molar-refractivity contribution in [2.75, 3.05) is 6.61 Å². The highest BCUT2D eigenvalue weighted by Gasteiger charge is 2.30. The van der Waals surface area contributed by atoms with E-state index in [-0.39, 0.29) is 17.8 Å². The zero-order chi connectivity index (χ0) is 11.7. The Morgan fingerprint density at radius 1 is 1.35 bits per heavy atom. The Balaban J connectivity index is 1.55. The van der Waals surface area contributed by atoms with Crippen LogP contribution in [0, 0.1) is 5.92 Å². The largest absolute Gasteiger partial charge is 0.378 e. The van der Waals surface area contributed by atoms with Gasteiger partial charge in [0, 0.05) is 18.9 Å². The first-order valence-electron chi connectivity index (χ1n) is 6.27. The van der Waals surface area contributed by atoms with Crippen molar-refractivity contribution in [2.45, 2.75) is 44.6 Å². The number of aromatic nitrogens is 2. The quantitative estimate of drug-likeness (QED) is 0.771. The standard InChI is InChI=1S/C12H16N2O3/c15-10(8-3-4-8)7-12-13-11(14-17-12)6-9-2-1-5-16-9/h8-9H,1-7H2. The molecule has 5 nitrogen and oxygen atoms in total. The Bertz CT molecular complexity index is 406. The first-order valence-corrected chi connectivity index (χ1v) is 6.27. The van der Waals surface area contributed by atoms with Crippen molar-refractivity contribution in [2.24, 2.45) is 5.92 Å². The molecule has 1 atom stereocenters. The molecule has 1 aliphatic carbocycles. The summed E-state index contributed by atoms with van der Waals surface area (Å²) in [7, 11) is 0. The summed E-state index contributed by atoms with van der Waals surface area (Å²) in [5.41, 5.74) is 0. The number of hydrogen-bond donors (Lipinski definition) is 0. The summed E-state index contributed by atoms with van der Waals surface area (Å²) in [6, 6.07) is 0. The summed E-state index contributed by atoms with van der Waals surface area (Å²) in [6.07, 6.45) is 5.43. The number of rotatable bonds is 5. The number of ether oxygens (including phenoxy) is 1. The molecule has 1 aromatic heterocycles. The number of nitrogens with zero attached hydrogens (tertiary/aromatic N) is 2. The highest BCUT2D eigenvalue weighted by atomic mass is 16.5. The molecule has 3 rings (SSSR count). The summed E-state index contributed by atoms with van der Waals surface area (Å²) < 4.78 is 10.6. The number of carbonyl (C=O) groups is 1. The topological polar surface area (TPSA) is 65.2 Å². The molecule has 5 heteroatoms. The molecule has 1 saturated carbocycles. The number of carbonyl (C=O) groups excluding carboxylic acids is 1. The predicted octanol–water partition coefficient (Wildman–Crippen LogP) is 1.31. The molecule has 0 radical (unpaired) electrons. The van der Waals surface area contributed by atoms with Gasteiger partial charge < -0.3 is 9.26 Å². The molecular weight excluding hydrogens is 220 g/mol. The smallest absolute Gasteiger partial charge is 0.234 e. The minimum atomic E-state index is 0.222. The van der Waals surface area contributed by atoms with E-state index in [1.165, 1.54) is 0 Å². The molecule has 0 N–H and O–H groups in total. The van der Waals surface area contributed by atoms with Crippen LogP contribution >= 0.6 is 0 Å². The van der Waals surface area contributed by atoms with E-state index < -0.39 is 0 Å². The maximum absolute atomic E-state index is 11.6. The Morgan fingerprint density at radius 3 is 2.94 bits per heavy atom. The molecule has 92 valence electrons. The fourth-order valence-corrected chi connectivity index (χ4v) is 2.15. The third-order valence-corrected chi connectivity index (χ3v) is 3.30. The summed E-state index contributed by atoms with van der Waals surface area (Å²) in [5.74, 6) is 1.60. The summed E-state index contributed by atoms with van der Waals surface area (Å²) in [4.78, 5) is 15.8. The first-order chi connectivity index (χ1) is 8.31. The van der Waals surface area contributed by atoms with Gasteiger partial charge in [-0.15, -0.1) is 0 Å². The molecule has 1 unspecified atom stereocenters. The van der Waals surface area contributed by atoms with E-state index in [2.05, 4.69) is 10.1 Å². The Morgan fingerprint density at radius 2 is 2.24 bits per heavy atom. The second-order valence-electron chi connectivity index (χ2n) is 4.86.